The predicted octanol–water partition coefficient (Wildman–Crippen LogP) is 4.40. The van der Waals surface area contributed by atoms with Crippen LogP contribution in [0.25, 0.3) is 22.8 Å². The molecular weight excluding hydrogens is 304 g/mol. The van der Waals surface area contributed by atoms with Gasteiger partial charge >= 0.3 is 5.97 Å². The number of aromatic nitrogens is 2. The van der Waals surface area contributed by atoms with Crippen LogP contribution < -0.4 is 0 Å². The Balaban J connectivity index is 1.91. The van der Waals surface area contributed by atoms with Crippen molar-refractivity contribution in [2.75, 3.05) is 0 Å². The number of rotatable bonds is 3. The fraction of sp³-hybridized carbons (Fsp3) is 0.211. The van der Waals surface area contributed by atoms with E-state index < -0.39 is 5.97 Å². The highest BCUT2D eigenvalue weighted by Crippen LogP contribution is 2.27. The molecule has 0 aliphatic heterocycles. The van der Waals surface area contributed by atoms with Gasteiger partial charge in [-0.15, -0.1) is 0 Å². The third-order valence-corrected chi connectivity index (χ3v) is 3.79. The highest BCUT2D eigenvalue weighted by atomic mass is 16.5. The molecule has 0 unspecified atom stereocenters. The van der Waals surface area contributed by atoms with Gasteiger partial charge in [-0.1, -0.05) is 50.2 Å². The summed E-state index contributed by atoms with van der Waals surface area (Å²) in [5.74, 6) is -0.211. The third-order valence-electron chi connectivity index (χ3n) is 3.79. The predicted molar refractivity (Wildman–Crippen MR) is 90.8 cm³/mol. The van der Waals surface area contributed by atoms with E-state index in [1.807, 2.05) is 24.3 Å². The Morgan fingerprint density at radius 1 is 1.04 bits per heavy atom. The third kappa shape index (κ3) is 3.20. The first-order valence-electron chi connectivity index (χ1n) is 7.63. The summed E-state index contributed by atoms with van der Waals surface area (Å²) in [7, 11) is 0. The molecule has 0 amide bonds. The van der Waals surface area contributed by atoms with Crippen molar-refractivity contribution in [3.8, 4) is 22.8 Å². The lowest BCUT2D eigenvalue weighted by molar-refractivity contribution is 0.0697. The van der Waals surface area contributed by atoms with Gasteiger partial charge in [-0.05, 0) is 35.2 Å². The summed E-state index contributed by atoms with van der Waals surface area (Å²) in [5.41, 5.74) is 2.93. The van der Waals surface area contributed by atoms with Crippen LogP contribution in [0.4, 0.5) is 0 Å². The molecule has 1 aromatic heterocycles. The molecule has 5 nitrogen and oxygen atoms in total. The zero-order chi connectivity index (χ0) is 17.3. The van der Waals surface area contributed by atoms with Crippen molar-refractivity contribution >= 4 is 5.97 Å². The van der Waals surface area contributed by atoms with Crippen LogP contribution in [0.3, 0.4) is 0 Å². The summed E-state index contributed by atoms with van der Waals surface area (Å²) < 4.78 is 5.32. The summed E-state index contributed by atoms with van der Waals surface area (Å²) in [5, 5.41) is 13.0. The van der Waals surface area contributed by atoms with E-state index in [4.69, 9.17) is 9.63 Å². The average Bonchev–Trinajstić information content (AvgIpc) is 3.04. The summed E-state index contributed by atoms with van der Waals surface area (Å²) in [6.07, 6.45) is 0. The van der Waals surface area contributed by atoms with Crippen LogP contribution in [0.15, 0.2) is 53.1 Å². The summed E-state index contributed by atoms with van der Waals surface area (Å²) in [6, 6.07) is 14.5. The number of benzene rings is 2. The van der Waals surface area contributed by atoms with Gasteiger partial charge < -0.3 is 9.63 Å². The van der Waals surface area contributed by atoms with Gasteiger partial charge in [-0.25, -0.2) is 4.79 Å². The molecule has 0 aliphatic carbocycles. The van der Waals surface area contributed by atoms with Crippen LogP contribution in [0, 0.1) is 0 Å². The van der Waals surface area contributed by atoms with E-state index in [-0.39, 0.29) is 11.0 Å². The first kappa shape index (κ1) is 15.9. The zero-order valence-electron chi connectivity index (χ0n) is 13.8. The normalized spacial score (nSPS) is 11.5. The molecule has 3 rings (SSSR count). The second-order valence-corrected chi connectivity index (χ2v) is 6.64. The Morgan fingerprint density at radius 3 is 2.38 bits per heavy atom. The molecule has 0 spiro atoms. The molecule has 1 heterocycles. The molecule has 0 saturated carbocycles. The Kier molecular flexibility index (Phi) is 3.93. The molecule has 0 saturated heterocycles. The van der Waals surface area contributed by atoms with Crippen LogP contribution in [0.1, 0.15) is 36.7 Å². The van der Waals surface area contributed by atoms with Gasteiger partial charge in [0, 0.05) is 11.1 Å². The van der Waals surface area contributed by atoms with Crippen LogP contribution in [0.2, 0.25) is 0 Å². The average molecular weight is 322 g/mol. The number of hydrogen-bond acceptors (Lipinski definition) is 4. The lowest BCUT2D eigenvalue weighted by Crippen LogP contribution is -2.10. The van der Waals surface area contributed by atoms with Crippen molar-refractivity contribution in [1.82, 2.24) is 10.1 Å². The zero-order valence-corrected chi connectivity index (χ0v) is 13.8. The van der Waals surface area contributed by atoms with E-state index in [9.17, 15) is 4.79 Å². The van der Waals surface area contributed by atoms with E-state index in [0.29, 0.717) is 17.3 Å². The van der Waals surface area contributed by atoms with E-state index in [2.05, 4.69) is 30.9 Å². The van der Waals surface area contributed by atoms with Crippen LogP contribution in [0.5, 0.6) is 0 Å². The number of nitrogens with zero attached hydrogens (tertiary/aromatic N) is 2. The maximum absolute atomic E-state index is 11.1. The number of carboxylic acid groups (broad SMARTS) is 1. The lowest BCUT2D eigenvalue weighted by atomic mass is 9.87. The minimum absolute atomic E-state index is 0.0792. The van der Waals surface area contributed by atoms with Gasteiger partial charge in [0.2, 0.25) is 5.82 Å². The molecule has 0 radical (unpaired) electrons. The van der Waals surface area contributed by atoms with Crippen molar-refractivity contribution in [1.29, 1.82) is 0 Å². The number of carbonyl (C=O) groups is 1. The van der Waals surface area contributed by atoms with Gasteiger partial charge in [0.15, 0.2) is 0 Å². The van der Waals surface area contributed by atoms with E-state index in [1.54, 1.807) is 12.1 Å². The van der Waals surface area contributed by atoms with Crippen molar-refractivity contribution in [3.05, 3.63) is 59.7 Å². The van der Waals surface area contributed by atoms with Gasteiger partial charge in [0.05, 0.1) is 5.56 Å². The highest BCUT2D eigenvalue weighted by molar-refractivity contribution is 5.89. The van der Waals surface area contributed by atoms with Gasteiger partial charge in [-0.2, -0.15) is 4.98 Å². The quantitative estimate of drug-likeness (QED) is 0.773. The molecule has 24 heavy (non-hydrogen) atoms. The van der Waals surface area contributed by atoms with E-state index in [0.717, 1.165) is 5.56 Å². The molecule has 122 valence electrons. The minimum atomic E-state index is -0.988. The van der Waals surface area contributed by atoms with Crippen LogP contribution in [-0.2, 0) is 5.41 Å². The van der Waals surface area contributed by atoms with Crippen molar-refractivity contribution in [2.45, 2.75) is 26.2 Å². The molecule has 0 aliphatic rings. The summed E-state index contributed by atoms with van der Waals surface area (Å²) >= 11 is 0. The highest BCUT2D eigenvalue weighted by Gasteiger charge is 2.15. The molecule has 2 aromatic carbocycles. The largest absolute Gasteiger partial charge is 0.478 e. The Bertz CT molecular complexity index is 874. The fourth-order valence-corrected chi connectivity index (χ4v) is 2.36. The summed E-state index contributed by atoms with van der Waals surface area (Å²) in [6.45, 7) is 6.47. The lowest BCUT2D eigenvalue weighted by Gasteiger charge is -2.18. The van der Waals surface area contributed by atoms with Crippen LogP contribution in [-0.4, -0.2) is 21.2 Å². The molecule has 3 aromatic rings. The Labute approximate surface area is 140 Å². The van der Waals surface area contributed by atoms with Gasteiger partial charge in [-0.3, -0.25) is 0 Å². The fourth-order valence-electron chi connectivity index (χ4n) is 2.36. The SMILES string of the molecule is CC(C)(C)c1ccc(-c2nc(-c3cccc(C(=O)O)c3)no2)cc1. The molecule has 1 N–H and O–H groups in total. The first-order chi connectivity index (χ1) is 11.3. The topological polar surface area (TPSA) is 76.2 Å². The minimum Gasteiger partial charge on any atom is -0.478 e. The molecule has 0 atom stereocenters. The second kappa shape index (κ2) is 5.92. The maximum Gasteiger partial charge on any atom is 0.335 e. The summed E-state index contributed by atoms with van der Waals surface area (Å²) in [4.78, 5) is 15.4. The van der Waals surface area contributed by atoms with Crippen molar-refractivity contribution in [3.63, 3.8) is 0 Å². The smallest absolute Gasteiger partial charge is 0.335 e. The maximum atomic E-state index is 11.1. The Hall–Kier alpha value is -2.95. The number of carboxylic acids is 1. The van der Waals surface area contributed by atoms with E-state index in [1.165, 1.54) is 17.7 Å². The monoisotopic (exact) mass is 322 g/mol. The second-order valence-electron chi connectivity index (χ2n) is 6.64. The molecule has 0 bridgehead atoms. The van der Waals surface area contributed by atoms with Gasteiger partial charge in [0.1, 0.15) is 0 Å². The standard InChI is InChI=1S/C19H18N2O3/c1-19(2,3)15-9-7-12(8-10-15)17-20-16(21-24-17)13-5-4-6-14(11-13)18(22)23/h4-11H,1-3H3,(H,22,23). The van der Waals surface area contributed by atoms with Crippen molar-refractivity contribution in [2.24, 2.45) is 0 Å². The van der Waals surface area contributed by atoms with Gasteiger partial charge in [0.25, 0.3) is 5.89 Å². The molecule has 5 heteroatoms. The van der Waals surface area contributed by atoms with Crippen molar-refractivity contribution < 1.29 is 14.4 Å². The molecular formula is C19H18N2O3. The van der Waals surface area contributed by atoms with Crippen LogP contribution >= 0.6 is 0 Å². The Morgan fingerprint density at radius 2 is 1.75 bits per heavy atom. The number of aromatic carboxylic acids is 1. The van der Waals surface area contributed by atoms with E-state index >= 15 is 0 Å². The number of hydrogen-bond donors (Lipinski definition) is 1. The molecule has 0 fully saturated rings. The first-order valence-corrected chi connectivity index (χ1v) is 7.63.